The van der Waals surface area contributed by atoms with Gasteiger partial charge in [0.15, 0.2) is 0 Å². The molecule has 1 aromatic carbocycles. The SMILES string of the molecule is CCN(CC)C(=O)CNC(=O)N(C)Cc1ccc(OC(F)F)cc1. The number of likely N-dealkylation sites (N-methyl/N-ethyl adjacent to an activating group) is 1. The number of nitrogens with one attached hydrogen (secondary N) is 1. The summed E-state index contributed by atoms with van der Waals surface area (Å²) < 4.78 is 28.4. The van der Waals surface area contributed by atoms with Gasteiger partial charge in [-0.2, -0.15) is 8.78 Å². The highest BCUT2D eigenvalue weighted by molar-refractivity contribution is 5.83. The Balaban J connectivity index is 2.47. The molecule has 0 radical (unpaired) electrons. The van der Waals surface area contributed by atoms with Gasteiger partial charge in [0.2, 0.25) is 5.91 Å². The molecule has 1 aromatic rings. The van der Waals surface area contributed by atoms with Crippen LogP contribution >= 0.6 is 0 Å². The van der Waals surface area contributed by atoms with Crippen molar-refractivity contribution in [1.82, 2.24) is 15.1 Å². The number of benzene rings is 1. The van der Waals surface area contributed by atoms with Crippen LogP contribution in [0.4, 0.5) is 13.6 Å². The molecule has 0 spiro atoms. The number of rotatable bonds is 8. The first-order valence-electron chi connectivity index (χ1n) is 7.67. The van der Waals surface area contributed by atoms with Gasteiger partial charge in [-0.15, -0.1) is 0 Å². The number of alkyl halides is 2. The molecule has 0 saturated carbocycles. The highest BCUT2D eigenvalue weighted by Gasteiger charge is 2.14. The van der Waals surface area contributed by atoms with Crippen molar-refractivity contribution in [2.45, 2.75) is 27.0 Å². The minimum absolute atomic E-state index is 0.0608. The molecule has 0 unspecified atom stereocenters. The van der Waals surface area contributed by atoms with E-state index in [1.807, 2.05) is 13.8 Å². The number of halogens is 2. The molecule has 0 fully saturated rings. The number of nitrogens with zero attached hydrogens (tertiary/aromatic N) is 2. The molecule has 0 aliphatic heterocycles. The van der Waals surface area contributed by atoms with E-state index >= 15 is 0 Å². The van der Waals surface area contributed by atoms with Crippen LogP contribution in [0.25, 0.3) is 0 Å². The van der Waals surface area contributed by atoms with E-state index in [-0.39, 0.29) is 30.8 Å². The zero-order chi connectivity index (χ0) is 18.1. The fourth-order valence-corrected chi connectivity index (χ4v) is 2.10. The van der Waals surface area contributed by atoms with Crippen molar-refractivity contribution in [3.8, 4) is 5.75 Å². The molecule has 0 heterocycles. The van der Waals surface area contributed by atoms with Crippen LogP contribution in [-0.2, 0) is 11.3 Å². The Labute approximate surface area is 140 Å². The van der Waals surface area contributed by atoms with E-state index in [1.54, 1.807) is 24.1 Å². The molecular weight excluding hydrogens is 320 g/mol. The third-order valence-electron chi connectivity index (χ3n) is 3.42. The minimum Gasteiger partial charge on any atom is -0.435 e. The third kappa shape index (κ3) is 6.39. The minimum atomic E-state index is -2.87. The molecule has 0 saturated heterocycles. The van der Waals surface area contributed by atoms with Gasteiger partial charge in [-0.1, -0.05) is 12.1 Å². The van der Waals surface area contributed by atoms with Gasteiger partial charge in [0.05, 0.1) is 6.54 Å². The number of hydrogen-bond acceptors (Lipinski definition) is 3. The Kier molecular flexibility index (Phi) is 7.94. The predicted octanol–water partition coefficient (Wildman–Crippen LogP) is 2.30. The fraction of sp³-hybridized carbons (Fsp3) is 0.500. The van der Waals surface area contributed by atoms with Crippen LogP contribution in [0.3, 0.4) is 0 Å². The van der Waals surface area contributed by atoms with Crippen LogP contribution in [0.2, 0.25) is 0 Å². The van der Waals surface area contributed by atoms with Crippen LogP contribution in [0.1, 0.15) is 19.4 Å². The summed E-state index contributed by atoms with van der Waals surface area (Å²) >= 11 is 0. The van der Waals surface area contributed by atoms with E-state index in [0.29, 0.717) is 13.1 Å². The van der Waals surface area contributed by atoms with E-state index in [9.17, 15) is 18.4 Å². The smallest absolute Gasteiger partial charge is 0.387 e. The summed E-state index contributed by atoms with van der Waals surface area (Å²) in [5, 5.41) is 2.56. The molecular formula is C16H23F2N3O3. The normalized spacial score (nSPS) is 10.4. The summed E-state index contributed by atoms with van der Waals surface area (Å²) in [5.41, 5.74) is 0.754. The second-order valence-electron chi connectivity index (χ2n) is 5.10. The van der Waals surface area contributed by atoms with Crippen LogP contribution in [0.5, 0.6) is 5.75 Å². The number of urea groups is 1. The van der Waals surface area contributed by atoms with Crippen molar-refractivity contribution >= 4 is 11.9 Å². The van der Waals surface area contributed by atoms with E-state index in [2.05, 4.69) is 10.1 Å². The van der Waals surface area contributed by atoms with Gasteiger partial charge < -0.3 is 19.9 Å². The average Bonchev–Trinajstić information content (AvgIpc) is 2.55. The van der Waals surface area contributed by atoms with E-state index in [0.717, 1.165) is 5.56 Å². The summed E-state index contributed by atoms with van der Waals surface area (Å²) in [7, 11) is 1.58. The number of carbonyl (C=O) groups excluding carboxylic acids is 2. The molecule has 0 aliphatic carbocycles. The summed E-state index contributed by atoms with van der Waals surface area (Å²) in [5.74, 6) is -0.0825. The van der Waals surface area contributed by atoms with Gasteiger partial charge in [-0.25, -0.2) is 4.79 Å². The predicted molar refractivity (Wildman–Crippen MR) is 85.9 cm³/mol. The lowest BCUT2D eigenvalue weighted by molar-refractivity contribution is -0.129. The van der Waals surface area contributed by atoms with Gasteiger partial charge in [0.1, 0.15) is 5.75 Å². The molecule has 134 valence electrons. The van der Waals surface area contributed by atoms with Gasteiger partial charge in [0, 0.05) is 26.7 Å². The van der Waals surface area contributed by atoms with Crippen molar-refractivity contribution in [2.24, 2.45) is 0 Å². The molecule has 0 bridgehead atoms. The first-order valence-corrected chi connectivity index (χ1v) is 7.67. The Morgan fingerprint density at radius 2 is 1.75 bits per heavy atom. The molecule has 0 aromatic heterocycles. The molecule has 8 heteroatoms. The second kappa shape index (κ2) is 9.69. The van der Waals surface area contributed by atoms with E-state index in [4.69, 9.17) is 0 Å². The zero-order valence-electron chi connectivity index (χ0n) is 14.1. The average molecular weight is 343 g/mol. The molecule has 1 N–H and O–H groups in total. The zero-order valence-corrected chi connectivity index (χ0v) is 14.1. The molecule has 24 heavy (non-hydrogen) atoms. The first kappa shape index (κ1) is 19.7. The highest BCUT2D eigenvalue weighted by atomic mass is 19.3. The fourth-order valence-electron chi connectivity index (χ4n) is 2.10. The molecule has 0 atom stereocenters. The van der Waals surface area contributed by atoms with Crippen molar-refractivity contribution < 1.29 is 23.1 Å². The van der Waals surface area contributed by atoms with Crippen LogP contribution < -0.4 is 10.1 Å². The standard InChI is InChI=1S/C16H23F2N3O3/c1-4-21(5-2)14(22)10-19-16(23)20(3)11-12-6-8-13(9-7-12)24-15(17)18/h6-9,15H,4-5,10-11H2,1-3H3,(H,19,23). The lowest BCUT2D eigenvalue weighted by Gasteiger charge is -2.21. The summed E-state index contributed by atoms with van der Waals surface area (Å²) in [6, 6.07) is 5.64. The van der Waals surface area contributed by atoms with Crippen LogP contribution in [0, 0.1) is 0 Å². The maximum atomic E-state index is 12.1. The number of amides is 3. The van der Waals surface area contributed by atoms with Gasteiger partial charge >= 0.3 is 12.6 Å². The first-order chi connectivity index (χ1) is 11.4. The Hall–Kier alpha value is -2.38. The Morgan fingerprint density at radius 1 is 1.17 bits per heavy atom. The van der Waals surface area contributed by atoms with Crippen molar-refractivity contribution in [3.63, 3.8) is 0 Å². The third-order valence-corrected chi connectivity index (χ3v) is 3.42. The topological polar surface area (TPSA) is 61.9 Å². The molecule has 1 rings (SSSR count). The van der Waals surface area contributed by atoms with Crippen molar-refractivity contribution in [1.29, 1.82) is 0 Å². The maximum Gasteiger partial charge on any atom is 0.387 e. The van der Waals surface area contributed by atoms with Gasteiger partial charge in [-0.3, -0.25) is 4.79 Å². The highest BCUT2D eigenvalue weighted by Crippen LogP contribution is 2.15. The van der Waals surface area contributed by atoms with Gasteiger partial charge in [-0.05, 0) is 31.5 Å². The van der Waals surface area contributed by atoms with Crippen LogP contribution in [-0.4, -0.2) is 55.0 Å². The summed E-state index contributed by atoms with van der Waals surface area (Å²) in [6.45, 7) is 2.27. The Morgan fingerprint density at radius 3 is 2.25 bits per heavy atom. The lowest BCUT2D eigenvalue weighted by Crippen LogP contribution is -2.44. The van der Waals surface area contributed by atoms with Crippen molar-refractivity contribution in [3.05, 3.63) is 29.8 Å². The monoisotopic (exact) mass is 343 g/mol. The van der Waals surface area contributed by atoms with E-state index in [1.165, 1.54) is 17.0 Å². The summed E-state index contributed by atoms with van der Waals surface area (Å²) in [4.78, 5) is 26.8. The van der Waals surface area contributed by atoms with E-state index < -0.39 is 6.61 Å². The quantitative estimate of drug-likeness (QED) is 0.788. The number of ether oxygens (including phenoxy) is 1. The van der Waals surface area contributed by atoms with Crippen LogP contribution in [0.15, 0.2) is 24.3 Å². The second-order valence-corrected chi connectivity index (χ2v) is 5.10. The maximum absolute atomic E-state index is 12.1. The largest absolute Gasteiger partial charge is 0.435 e. The summed E-state index contributed by atoms with van der Waals surface area (Å²) in [6.07, 6.45) is 0. The molecule has 6 nitrogen and oxygen atoms in total. The van der Waals surface area contributed by atoms with Crippen molar-refractivity contribution in [2.75, 3.05) is 26.7 Å². The molecule has 0 aliphatic rings. The molecule has 3 amide bonds. The number of carbonyl (C=O) groups is 2. The Bertz CT molecular complexity index is 534. The number of hydrogen-bond donors (Lipinski definition) is 1. The lowest BCUT2D eigenvalue weighted by atomic mass is 10.2. The van der Waals surface area contributed by atoms with Gasteiger partial charge in [0.25, 0.3) is 0 Å².